The van der Waals surface area contributed by atoms with Gasteiger partial charge in [0.1, 0.15) is 0 Å². The van der Waals surface area contributed by atoms with E-state index in [1.165, 1.54) is 24.1 Å². The third kappa shape index (κ3) is 2.58. The summed E-state index contributed by atoms with van der Waals surface area (Å²) in [5.41, 5.74) is 3.66. The zero-order chi connectivity index (χ0) is 12.5. The van der Waals surface area contributed by atoms with Crippen LogP contribution in [-0.2, 0) is 6.54 Å². The molecule has 2 aromatic rings. The Morgan fingerprint density at radius 1 is 1.39 bits per heavy atom. The number of imidazole rings is 1. The molecular formula is C14H16BrN3. The quantitative estimate of drug-likeness (QED) is 0.928. The molecule has 3 nitrogen and oxygen atoms in total. The van der Waals surface area contributed by atoms with Crippen LogP contribution in [0.3, 0.4) is 0 Å². The Morgan fingerprint density at radius 2 is 2.22 bits per heavy atom. The molecule has 0 aliphatic heterocycles. The summed E-state index contributed by atoms with van der Waals surface area (Å²) in [6.45, 7) is 2.93. The molecule has 0 bridgehead atoms. The van der Waals surface area contributed by atoms with E-state index in [1.807, 2.05) is 12.5 Å². The van der Waals surface area contributed by atoms with Gasteiger partial charge in [-0.2, -0.15) is 0 Å². The van der Waals surface area contributed by atoms with Gasteiger partial charge in [0.15, 0.2) is 0 Å². The van der Waals surface area contributed by atoms with E-state index in [1.54, 1.807) is 0 Å². The first-order valence-corrected chi connectivity index (χ1v) is 7.03. The highest BCUT2D eigenvalue weighted by Crippen LogP contribution is 2.35. The van der Waals surface area contributed by atoms with Crippen molar-refractivity contribution in [1.82, 2.24) is 9.55 Å². The summed E-state index contributed by atoms with van der Waals surface area (Å²) in [5.74, 6) is 0. The third-order valence-corrected chi connectivity index (χ3v) is 3.66. The molecule has 1 N–H and O–H groups in total. The van der Waals surface area contributed by atoms with Crippen LogP contribution >= 0.6 is 15.9 Å². The normalized spacial score (nSPS) is 14.8. The lowest BCUT2D eigenvalue weighted by Crippen LogP contribution is -2.06. The summed E-state index contributed by atoms with van der Waals surface area (Å²) >= 11 is 3.52. The molecule has 94 valence electrons. The van der Waals surface area contributed by atoms with E-state index in [9.17, 15) is 0 Å². The average molecular weight is 306 g/mol. The molecule has 0 unspecified atom stereocenters. The van der Waals surface area contributed by atoms with Gasteiger partial charge in [-0.25, -0.2) is 4.98 Å². The molecule has 1 saturated carbocycles. The van der Waals surface area contributed by atoms with Gasteiger partial charge in [0.25, 0.3) is 0 Å². The van der Waals surface area contributed by atoms with E-state index < -0.39 is 0 Å². The van der Waals surface area contributed by atoms with Crippen molar-refractivity contribution in [2.75, 3.05) is 5.32 Å². The first kappa shape index (κ1) is 11.8. The van der Waals surface area contributed by atoms with Gasteiger partial charge in [-0.3, -0.25) is 0 Å². The van der Waals surface area contributed by atoms with Crippen molar-refractivity contribution in [2.45, 2.75) is 32.4 Å². The van der Waals surface area contributed by atoms with Crippen LogP contribution in [0.25, 0.3) is 0 Å². The van der Waals surface area contributed by atoms with Gasteiger partial charge in [-0.1, -0.05) is 15.9 Å². The molecule has 0 spiro atoms. The summed E-state index contributed by atoms with van der Waals surface area (Å²) in [5, 5.41) is 3.46. The lowest BCUT2D eigenvalue weighted by atomic mass is 10.2. The first-order chi connectivity index (χ1) is 8.72. The number of benzene rings is 1. The number of rotatable bonds is 4. The molecule has 1 heterocycles. The monoisotopic (exact) mass is 305 g/mol. The Bertz CT molecular complexity index is 538. The molecule has 1 aliphatic carbocycles. The van der Waals surface area contributed by atoms with Crippen LogP contribution in [0.4, 0.5) is 5.69 Å². The van der Waals surface area contributed by atoms with E-state index >= 15 is 0 Å². The predicted octanol–water partition coefficient (Wildman–Crippen LogP) is 3.90. The SMILES string of the molecule is Cc1cc(Br)cc(NCc2cncn2C2CC2)c1. The maximum atomic E-state index is 4.24. The zero-order valence-corrected chi connectivity index (χ0v) is 11.9. The van der Waals surface area contributed by atoms with Crippen molar-refractivity contribution in [3.8, 4) is 0 Å². The number of nitrogens with zero attached hydrogens (tertiary/aromatic N) is 2. The van der Waals surface area contributed by atoms with Crippen LogP contribution < -0.4 is 5.32 Å². The van der Waals surface area contributed by atoms with E-state index in [-0.39, 0.29) is 0 Å². The Balaban J connectivity index is 1.71. The van der Waals surface area contributed by atoms with Crippen molar-refractivity contribution in [2.24, 2.45) is 0 Å². The second kappa shape index (κ2) is 4.76. The highest BCUT2D eigenvalue weighted by atomic mass is 79.9. The first-order valence-electron chi connectivity index (χ1n) is 6.24. The van der Waals surface area contributed by atoms with Crippen LogP contribution in [0.15, 0.2) is 35.2 Å². The Morgan fingerprint density at radius 3 is 2.94 bits per heavy atom. The number of aryl methyl sites for hydroxylation is 1. The van der Waals surface area contributed by atoms with Gasteiger partial charge in [-0.15, -0.1) is 0 Å². The fraction of sp³-hybridized carbons (Fsp3) is 0.357. The molecule has 0 saturated heterocycles. The molecule has 1 aromatic carbocycles. The minimum Gasteiger partial charge on any atom is -0.379 e. The molecule has 0 radical (unpaired) electrons. The standard InChI is InChI=1S/C14H16BrN3/c1-10-4-11(15)6-12(5-10)17-8-14-7-16-9-18(14)13-2-3-13/h4-7,9,13,17H,2-3,8H2,1H3. The van der Waals surface area contributed by atoms with Gasteiger partial charge < -0.3 is 9.88 Å². The fourth-order valence-electron chi connectivity index (χ4n) is 2.18. The molecule has 0 atom stereocenters. The zero-order valence-electron chi connectivity index (χ0n) is 10.4. The van der Waals surface area contributed by atoms with Gasteiger partial charge in [0, 0.05) is 22.4 Å². The Hall–Kier alpha value is -1.29. The highest BCUT2D eigenvalue weighted by Gasteiger charge is 2.24. The smallest absolute Gasteiger partial charge is 0.0951 e. The molecule has 18 heavy (non-hydrogen) atoms. The van der Waals surface area contributed by atoms with Gasteiger partial charge >= 0.3 is 0 Å². The minimum absolute atomic E-state index is 0.688. The van der Waals surface area contributed by atoms with Crippen molar-refractivity contribution >= 4 is 21.6 Å². The number of anilines is 1. The van der Waals surface area contributed by atoms with E-state index in [0.29, 0.717) is 6.04 Å². The van der Waals surface area contributed by atoms with Crippen molar-refractivity contribution in [1.29, 1.82) is 0 Å². The largest absolute Gasteiger partial charge is 0.379 e. The maximum absolute atomic E-state index is 4.24. The third-order valence-electron chi connectivity index (χ3n) is 3.20. The molecule has 1 aliphatic rings. The number of hydrogen-bond donors (Lipinski definition) is 1. The summed E-state index contributed by atoms with van der Waals surface area (Å²) < 4.78 is 3.40. The van der Waals surface area contributed by atoms with Crippen LogP contribution in [0.5, 0.6) is 0 Å². The van der Waals surface area contributed by atoms with E-state index in [0.717, 1.165) is 16.7 Å². The Kier molecular flexibility index (Phi) is 3.12. The average Bonchev–Trinajstić information content (AvgIpc) is 3.05. The molecule has 1 fully saturated rings. The molecule has 4 heteroatoms. The molecule has 1 aromatic heterocycles. The lowest BCUT2D eigenvalue weighted by molar-refractivity contribution is 0.701. The number of hydrogen-bond acceptors (Lipinski definition) is 2. The Labute approximate surface area is 115 Å². The minimum atomic E-state index is 0.688. The summed E-state index contributed by atoms with van der Waals surface area (Å²) in [6.07, 6.45) is 6.48. The second-order valence-electron chi connectivity index (χ2n) is 4.89. The van der Waals surface area contributed by atoms with Crippen molar-refractivity contribution < 1.29 is 0 Å². The van der Waals surface area contributed by atoms with Crippen molar-refractivity contribution in [3.05, 3.63) is 46.5 Å². The fourth-order valence-corrected chi connectivity index (χ4v) is 2.79. The van der Waals surface area contributed by atoms with E-state index in [2.05, 4.69) is 55.9 Å². The van der Waals surface area contributed by atoms with Crippen LogP contribution in [0.2, 0.25) is 0 Å². The van der Waals surface area contributed by atoms with Gasteiger partial charge in [0.05, 0.1) is 18.6 Å². The predicted molar refractivity (Wildman–Crippen MR) is 76.7 cm³/mol. The van der Waals surface area contributed by atoms with E-state index in [4.69, 9.17) is 0 Å². The molecule has 0 amide bonds. The highest BCUT2D eigenvalue weighted by molar-refractivity contribution is 9.10. The lowest BCUT2D eigenvalue weighted by Gasteiger charge is -2.10. The van der Waals surface area contributed by atoms with Crippen molar-refractivity contribution in [3.63, 3.8) is 0 Å². The summed E-state index contributed by atoms with van der Waals surface area (Å²) in [7, 11) is 0. The number of halogens is 1. The second-order valence-corrected chi connectivity index (χ2v) is 5.81. The van der Waals surface area contributed by atoms with Crippen LogP contribution in [-0.4, -0.2) is 9.55 Å². The van der Waals surface area contributed by atoms with Gasteiger partial charge in [0.2, 0.25) is 0 Å². The topological polar surface area (TPSA) is 29.9 Å². The number of aromatic nitrogens is 2. The maximum Gasteiger partial charge on any atom is 0.0951 e. The molecular weight excluding hydrogens is 290 g/mol. The van der Waals surface area contributed by atoms with Gasteiger partial charge in [-0.05, 0) is 43.5 Å². The molecule has 3 rings (SSSR count). The van der Waals surface area contributed by atoms with Crippen LogP contribution in [0.1, 0.15) is 30.1 Å². The summed E-state index contributed by atoms with van der Waals surface area (Å²) in [4.78, 5) is 4.24. The van der Waals surface area contributed by atoms with Crippen LogP contribution in [0, 0.1) is 6.92 Å². The number of nitrogens with one attached hydrogen (secondary N) is 1. The summed E-state index contributed by atoms with van der Waals surface area (Å²) in [6, 6.07) is 7.06.